The van der Waals surface area contributed by atoms with E-state index in [2.05, 4.69) is 0 Å². The standard InChI is InChI=1S/C3H4F4O3S/c4-2(5,1-8)3(6,7)11(9)10/h8H,1H2,(H,9,10)/p-1. The molecule has 0 saturated heterocycles. The minimum absolute atomic E-state index is 2.21. The third-order valence-corrected chi connectivity index (χ3v) is 1.55. The molecule has 0 heterocycles. The summed E-state index contributed by atoms with van der Waals surface area (Å²) >= 11 is -4.24. The predicted molar refractivity (Wildman–Crippen MR) is 25.9 cm³/mol. The lowest BCUT2D eigenvalue weighted by Crippen LogP contribution is -2.46. The number of hydrogen-bond acceptors (Lipinski definition) is 3. The second kappa shape index (κ2) is 3.03. The normalized spacial score (nSPS) is 16.5. The zero-order chi connectivity index (χ0) is 9.28. The molecule has 1 unspecified atom stereocenters. The molecule has 0 aromatic carbocycles. The molecule has 0 aromatic rings. The molecule has 0 saturated carbocycles. The summed E-state index contributed by atoms with van der Waals surface area (Å²) in [6, 6.07) is 0. The molecule has 0 aliphatic heterocycles. The number of aliphatic hydroxyl groups is 1. The van der Waals surface area contributed by atoms with Gasteiger partial charge in [0.15, 0.2) is 0 Å². The topological polar surface area (TPSA) is 60.4 Å². The Bertz CT molecular complexity index is 170. The first-order chi connectivity index (χ1) is 4.75. The fourth-order valence-corrected chi connectivity index (χ4v) is 0.522. The van der Waals surface area contributed by atoms with Crippen LogP contribution in [0.2, 0.25) is 0 Å². The van der Waals surface area contributed by atoms with Gasteiger partial charge in [0.1, 0.15) is 6.61 Å². The molecule has 0 aromatic heterocycles. The second-order valence-electron chi connectivity index (χ2n) is 1.61. The molecule has 0 bridgehead atoms. The van der Waals surface area contributed by atoms with E-state index in [1.165, 1.54) is 0 Å². The molecular formula is C3H3F4O3S-. The first kappa shape index (κ1) is 10.8. The van der Waals surface area contributed by atoms with Crippen LogP contribution in [0.5, 0.6) is 0 Å². The van der Waals surface area contributed by atoms with E-state index in [0.717, 1.165) is 0 Å². The van der Waals surface area contributed by atoms with Crippen LogP contribution in [0.25, 0.3) is 0 Å². The van der Waals surface area contributed by atoms with E-state index in [0.29, 0.717) is 0 Å². The van der Waals surface area contributed by atoms with Crippen molar-refractivity contribution < 1.29 is 31.4 Å². The molecule has 3 nitrogen and oxygen atoms in total. The lowest BCUT2D eigenvalue weighted by atomic mass is 10.4. The van der Waals surface area contributed by atoms with Gasteiger partial charge in [-0.25, -0.2) is 0 Å². The van der Waals surface area contributed by atoms with E-state index in [1.54, 1.807) is 0 Å². The highest BCUT2D eigenvalue weighted by molar-refractivity contribution is 7.80. The van der Waals surface area contributed by atoms with Crippen molar-refractivity contribution in [1.82, 2.24) is 0 Å². The maximum atomic E-state index is 11.8. The Kier molecular flexibility index (Phi) is 2.98. The van der Waals surface area contributed by atoms with Gasteiger partial charge in [-0.1, -0.05) is 0 Å². The lowest BCUT2D eigenvalue weighted by Gasteiger charge is -2.25. The molecule has 8 heteroatoms. The minimum atomic E-state index is -5.22. The number of rotatable bonds is 3. The molecular weight excluding hydrogens is 192 g/mol. The molecule has 1 atom stereocenters. The molecule has 0 amide bonds. The molecule has 0 rings (SSSR count). The van der Waals surface area contributed by atoms with Crippen LogP contribution in [0.15, 0.2) is 0 Å². The van der Waals surface area contributed by atoms with Crippen molar-refractivity contribution in [3.05, 3.63) is 0 Å². The molecule has 1 N–H and O–H groups in total. The van der Waals surface area contributed by atoms with Gasteiger partial charge in [0.05, 0.1) is 0 Å². The molecule has 11 heavy (non-hydrogen) atoms. The number of alkyl halides is 4. The lowest BCUT2D eigenvalue weighted by molar-refractivity contribution is -0.178. The van der Waals surface area contributed by atoms with Gasteiger partial charge in [-0.2, -0.15) is 17.6 Å². The number of hydrogen-bond donors (Lipinski definition) is 1. The fourth-order valence-electron chi connectivity index (χ4n) is 0.214. The third-order valence-electron chi connectivity index (χ3n) is 0.834. The van der Waals surface area contributed by atoms with Crippen LogP contribution in [-0.4, -0.2) is 31.7 Å². The Balaban J connectivity index is 4.67. The van der Waals surface area contributed by atoms with Crippen LogP contribution in [0, 0.1) is 0 Å². The Morgan fingerprint density at radius 2 is 1.73 bits per heavy atom. The quantitative estimate of drug-likeness (QED) is 0.512. The number of aliphatic hydroxyl groups excluding tert-OH is 1. The van der Waals surface area contributed by atoms with Crippen molar-refractivity contribution in [1.29, 1.82) is 0 Å². The van der Waals surface area contributed by atoms with Crippen LogP contribution < -0.4 is 0 Å². The highest BCUT2D eigenvalue weighted by atomic mass is 32.2. The summed E-state index contributed by atoms with van der Waals surface area (Å²) in [6.07, 6.45) is 0. The zero-order valence-corrected chi connectivity index (χ0v) is 5.71. The Hall–Kier alpha value is -0.210. The number of halogens is 4. The van der Waals surface area contributed by atoms with Gasteiger partial charge in [-0.3, -0.25) is 4.21 Å². The highest BCUT2D eigenvalue weighted by Gasteiger charge is 2.57. The van der Waals surface area contributed by atoms with Crippen LogP contribution in [-0.2, 0) is 11.1 Å². The fraction of sp³-hybridized carbons (Fsp3) is 1.00. The van der Waals surface area contributed by atoms with E-state index in [1.807, 2.05) is 0 Å². The summed E-state index contributed by atoms with van der Waals surface area (Å²) in [4.78, 5) is 0. The maximum absolute atomic E-state index is 11.8. The van der Waals surface area contributed by atoms with E-state index < -0.39 is 28.9 Å². The van der Waals surface area contributed by atoms with Gasteiger partial charge in [-0.15, -0.1) is 0 Å². The summed E-state index contributed by atoms with van der Waals surface area (Å²) < 4.78 is 66.2. The highest BCUT2D eigenvalue weighted by Crippen LogP contribution is 2.35. The van der Waals surface area contributed by atoms with Crippen molar-refractivity contribution in [3.63, 3.8) is 0 Å². The van der Waals surface area contributed by atoms with Crippen LogP contribution in [0.4, 0.5) is 17.6 Å². The molecule has 0 aliphatic rings. The average Bonchev–Trinajstić information content (AvgIpc) is 1.87. The van der Waals surface area contributed by atoms with Gasteiger partial charge in [0.25, 0.3) is 0 Å². The van der Waals surface area contributed by atoms with Crippen LogP contribution in [0.1, 0.15) is 0 Å². The van der Waals surface area contributed by atoms with Crippen molar-refractivity contribution in [2.75, 3.05) is 6.61 Å². The summed E-state index contributed by atoms with van der Waals surface area (Å²) in [6.45, 7) is -2.21. The Morgan fingerprint density at radius 3 is 1.82 bits per heavy atom. The molecule has 0 radical (unpaired) electrons. The van der Waals surface area contributed by atoms with Crippen LogP contribution in [0.3, 0.4) is 0 Å². The van der Waals surface area contributed by atoms with E-state index in [-0.39, 0.29) is 0 Å². The maximum Gasteiger partial charge on any atom is 0.373 e. The van der Waals surface area contributed by atoms with Gasteiger partial charge in [0, 0.05) is 11.1 Å². The van der Waals surface area contributed by atoms with Crippen molar-refractivity contribution >= 4 is 11.1 Å². The summed E-state index contributed by atoms with van der Waals surface area (Å²) in [5.74, 6) is -4.93. The van der Waals surface area contributed by atoms with E-state index >= 15 is 0 Å². The minimum Gasteiger partial charge on any atom is -0.768 e. The first-order valence-corrected chi connectivity index (χ1v) is 3.29. The average molecular weight is 195 g/mol. The summed E-state index contributed by atoms with van der Waals surface area (Å²) in [7, 11) is 0. The van der Waals surface area contributed by atoms with Crippen molar-refractivity contribution in [3.8, 4) is 0 Å². The monoisotopic (exact) mass is 195 g/mol. The summed E-state index contributed by atoms with van der Waals surface area (Å²) in [5, 5.41) is 2.45. The third kappa shape index (κ3) is 1.88. The molecule has 0 fully saturated rings. The smallest absolute Gasteiger partial charge is 0.373 e. The van der Waals surface area contributed by atoms with Crippen molar-refractivity contribution in [2.24, 2.45) is 0 Å². The predicted octanol–water partition coefficient (Wildman–Crippen LogP) is 0.0859. The second-order valence-corrected chi connectivity index (χ2v) is 2.60. The summed E-state index contributed by atoms with van der Waals surface area (Å²) in [5.41, 5.74) is 0. The largest absolute Gasteiger partial charge is 0.768 e. The Morgan fingerprint density at radius 1 is 1.36 bits per heavy atom. The van der Waals surface area contributed by atoms with Gasteiger partial charge in [-0.05, 0) is 0 Å². The SMILES string of the molecule is O=S([O-])C(F)(F)C(F)(F)CO. The van der Waals surface area contributed by atoms with E-state index in [4.69, 9.17) is 5.11 Å². The van der Waals surface area contributed by atoms with Crippen LogP contribution >= 0.6 is 0 Å². The van der Waals surface area contributed by atoms with Gasteiger partial charge in [0.2, 0.25) is 0 Å². The molecule has 68 valence electrons. The van der Waals surface area contributed by atoms with Gasteiger partial charge >= 0.3 is 11.2 Å². The van der Waals surface area contributed by atoms with E-state index in [9.17, 15) is 26.3 Å². The molecule has 0 spiro atoms. The van der Waals surface area contributed by atoms with Crippen molar-refractivity contribution in [2.45, 2.75) is 11.2 Å². The molecule has 0 aliphatic carbocycles. The zero-order valence-electron chi connectivity index (χ0n) is 4.89. The first-order valence-electron chi connectivity index (χ1n) is 2.21. The van der Waals surface area contributed by atoms with Gasteiger partial charge < -0.3 is 9.66 Å². The Labute approximate surface area is 61.3 Å².